The molecule has 2 aliphatic heterocycles. The molecule has 6 rings (SSSR count). The first kappa shape index (κ1) is 30.5. The summed E-state index contributed by atoms with van der Waals surface area (Å²) in [6, 6.07) is 14.8. The number of H-pyrrole nitrogens is 1. The summed E-state index contributed by atoms with van der Waals surface area (Å²) >= 11 is 7.90. The maximum atomic E-state index is 13.7. The van der Waals surface area contributed by atoms with Gasteiger partial charge in [0.2, 0.25) is 11.8 Å². The van der Waals surface area contributed by atoms with E-state index in [2.05, 4.69) is 39.3 Å². The number of hydrogen-bond acceptors (Lipinski definition) is 5. The number of hydrogen-bond donors (Lipinski definition) is 3. The second-order valence-corrected chi connectivity index (χ2v) is 13.8. The van der Waals surface area contributed by atoms with E-state index in [0.717, 1.165) is 34.2 Å². The van der Waals surface area contributed by atoms with Gasteiger partial charge in [-0.25, -0.2) is 0 Å². The smallest absolute Gasteiger partial charge is 0.268 e. The number of allylic oxidation sites excluding steroid dienone is 4. The maximum absolute atomic E-state index is 13.7. The van der Waals surface area contributed by atoms with Gasteiger partial charge in [0.25, 0.3) is 5.91 Å². The van der Waals surface area contributed by atoms with E-state index in [0.29, 0.717) is 30.2 Å². The number of aromatic amines is 1. The van der Waals surface area contributed by atoms with Crippen molar-refractivity contribution >= 4 is 57.7 Å². The summed E-state index contributed by atoms with van der Waals surface area (Å²) in [4.78, 5) is 47.6. The van der Waals surface area contributed by atoms with Crippen LogP contribution >= 0.6 is 23.5 Å². The minimum atomic E-state index is -0.643. The van der Waals surface area contributed by atoms with E-state index in [4.69, 9.17) is 11.6 Å². The largest absolute Gasteiger partial charge is 0.351 e. The van der Waals surface area contributed by atoms with Gasteiger partial charge >= 0.3 is 0 Å². The monoisotopic (exact) mass is 631 g/mol. The number of piperazine rings is 1. The summed E-state index contributed by atoms with van der Waals surface area (Å²) in [5.74, 6) is -0.191. The first-order valence-corrected chi connectivity index (χ1v) is 16.4. The molecule has 3 atom stereocenters. The fraction of sp³-hybridized carbons (Fsp3) is 0.382. The van der Waals surface area contributed by atoms with Crippen LogP contribution in [0.15, 0.2) is 71.7 Å². The number of aromatic nitrogens is 1. The number of rotatable bonds is 10. The first-order chi connectivity index (χ1) is 21.1. The van der Waals surface area contributed by atoms with Crippen LogP contribution in [-0.2, 0) is 9.59 Å². The van der Waals surface area contributed by atoms with Crippen LogP contribution in [0.3, 0.4) is 0 Å². The van der Waals surface area contributed by atoms with Gasteiger partial charge in [0.15, 0.2) is 0 Å². The zero-order chi connectivity index (χ0) is 31.0. The molecule has 0 bridgehead atoms. The molecule has 2 fully saturated rings. The van der Waals surface area contributed by atoms with Crippen molar-refractivity contribution in [3.05, 3.63) is 83.0 Å². The number of amides is 3. The predicted octanol–water partition coefficient (Wildman–Crippen LogP) is 5.81. The molecule has 0 saturated carbocycles. The third-order valence-corrected chi connectivity index (χ3v) is 10.2. The van der Waals surface area contributed by atoms with Crippen molar-refractivity contribution in [3.8, 4) is 0 Å². The third-order valence-electron chi connectivity index (χ3n) is 8.89. The van der Waals surface area contributed by atoms with Crippen LogP contribution in [0.25, 0.3) is 16.5 Å². The number of carbonyl (C=O) groups is 3. The first-order valence-electron chi connectivity index (χ1n) is 15.2. The Kier molecular flexibility index (Phi) is 8.64. The van der Waals surface area contributed by atoms with Crippen molar-refractivity contribution < 1.29 is 14.4 Å². The van der Waals surface area contributed by atoms with Crippen LogP contribution in [0.2, 0.25) is 5.02 Å². The van der Waals surface area contributed by atoms with Gasteiger partial charge in [-0.05, 0) is 79.5 Å². The number of benzene rings is 2. The van der Waals surface area contributed by atoms with Crippen molar-refractivity contribution in [3.63, 3.8) is 0 Å². The van der Waals surface area contributed by atoms with Crippen molar-refractivity contribution in [1.29, 1.82) is 0 Å². The van der Waals surface area contributed by atoms with Crippen molar-refractivity contribution in [2.75, 3.05) is 19.6 Å². The lowest BCUT2D eigenvalue weighted by atomic mass is 9.71. The van der Waals surface area contributed by atoms with Crippen LogP contribution in [0.1, 0.15) is 56.1 Å². The molecule has 3 N–H and O–H groups in total. The Balaban J connectivity index is 1.02. The average molecular weight is 632 g/mol. The predicted molar refractivity (Wildman–Crippen MR) is 176 cm³/mol. The zero-order valence-electron chi connectivity index (χ0n) is 25.2. The average Bonchev–Trinajstić information content (AvgIpc) is 3.45. The van der Waals surface area contributed by atoms with Crippen LogP contribution in [0, 0.1) is 5.92 Å². The van der Waals surface area contributed by atoms with E-state index in [9.17, 15) is 14.4 Å². The summed E-state index contributed by atoms with van der Waals surface area (Å²) in [6.45, 7) is 7.19. The summed E-state index contributed by atoms with van der Waals surface area (Å²) in [5, 5.41) is 4.57. The van der Waals surface area contributed by atoms with Crippen LogP contribution in [0.4, 0.5) is 0 Å². The normalized spacial score (nSPS) is 21.4. The van der Waals surface area contributed by atoms with Gasteiger partial charge in [-0.1, -0.05) is 67.9 Å². The van der Waals surface area contributed by atoms with Gasteiger partial charge in [0, 0.05) is 28.9 Å². The Hall–Kier alpha value is -3.53. The summed E-state index contributed by atoms with van der Waals surface area (Å²) in [5.41, 5.74) is 3.15. The van der Waals surface area contributed by atoms with Crippen molar-refractivity contribution in [2.24, 2.45) is 5.92 Å². The number of likely N-dealkylation sites (tertiary alicyclic amines) is 2. The highest BCUT2D eigenvalue weighted by atomic mass is 35.5. The molecule has 2 saturated heterocycles. The lowest BCUT2D eigenvalue weighted by molar-refractivity contribution is -0.205. The van der Waals surface area contributed by atoms with Crippen LogP contribution < -0.4 is 10.0 Å². The number of nitrogens with zero attached hydrogens (tertiary/aromatic N) is 2. The van der Waals surface area contributed by atoms with E-state index >= 15 is 0 Å². The Morgan fingerprint density at radius 2 is 1.95 bits per heavy atom. The molecular formula is C34H38ClN5O3S. The molecule has 3 aromatic rings. The number of fused-ring (bicyclic) bond motifs is 2. The van der Waals surface area contributed by atoms with Crippen LogP contribution in [-0.4, -0.2) is 69.8 Å². The Morgan fingerprint density at radius 3 is 2.64 bits per heavy atom. The Morgan fingerprint density at radius 1 is 1.14 bits per heavy atom. The zero-order valence-corrected chi connectivity index (χ0v) is 26.8. The second-order valence-electron chi connectivity index (χ2n) is 12.5. The number of carbonyl (C=O) groups excluding carboxylic acids is 3. The molecule has 0 spiro atoms. The lowest BCUT2D eigenvalue weighted by Gasteiger charge is -2.69. The second kappa shape index (κ2) is 12.5. The highest BCUT2D eigenvalue weighted by molar-refractivity contribution is 7.97. The number of nitrogens with one attached hydrogen (secondary N) is 3. The van der Waals surface area contributed by atoms with Gasteiger partial charge < -0.3 is 20.1 Å². The highest BCUT2D eigenvalue weighted by Gasteiger charge is 2.64. The van der Waals surface area contributed by atoms with Gasteiger partial charge in [-0.2, -0.15) is 0 Å². The fourth-order valence-electron chi connectivity index (χ4n) is 6.40. The van der Waals surface area contributed by atoms with E-state index in [1.165, 1.54) is 17.5 Å². The van der Waals surface area contributed by atoms with E-state index < -0.39 is 11.6 Å². The molecule has 3 unspecified atom stereocenters. The highest BCUT2D eigenvalue weighted by Crippen LogP contribution is 2.44. The topological polar surface area (TPSA) is 97.5 Å². The van der Waals surface area contributed by atoms with Crippen molar-refractivity contribution in [1.82, 2.24) is 24.8 Å². The maximum Gasteiger partial charge on any atom is 0.268 e. The van der Waals surface area contributed by atoms with E-state index in [-0.39, 0.29) is 36.2 Å². The van der Waals surface area contributed by atoms with E-state index in [1.807, 2.05) is 67.0 Å². The third kappa shape index (κ3) is 5.93. The molecule has 1 aromatic heterocycles. The molecule has 0 radical (unpaired) electrons. The quantitative estimate of drug-likeness (QED) is 0.246. The minimum Gasteiger partial charge on any atom is -0.351 e. The van der Waals surface area contributed by atoms with E-state index in [1.54, 1.807) is 6.07 Å². The minimum absolute atomic E-state index is 0.0110. The van der Waals surface area contributed by atoms with Crippen LogP contribution in [0.5, 0.6) is 0 Å². The molecule has 3 heterocycles. The Labute approximate surface area is 267 Å². The number of para-hydroxylation sites is 1. The fourth-order valence-corrected chi connectivity index (χ4v) is 7.34. The SMILES string of the molecule is CC(C)CC(NC(=O)c1cc2ccccc2[nH]1)C(=O)N1CC2N(C(=O)CNSc3ccc(C4=CCCC=C4)cc3Cl)CC21C. The molecule has 230 valence electrons. The lowest BCUT2D eigenvalue weighted by Crippen LogP contribution is -2.88. The summed E-state index contributed by atoms with van der Waals surface area (Å²) in [6.07, 6.45) is 9.15. The molecule has 1 aliphatic carbocycles. The summed E-state index contributed by atoms with van der Waals surface area (Å²) < 4.78 is 3.16. The number of halogens is 1. The van der Waals surface area contributed by atoms with Gasteiger partial charge in [-0.3, -0.25) is 19.1 Å². The Bertz CT molecular complexity index is 1630. The van der Waals surface area contributed by atoms with Gasteiger partial charge in [0.05, 0.1) is 23.1 Å². The summed E-state index contributed by atoms with van der Waals surface area (Å²) in [7, 11) is 0. The molecule has 10 heteroatoms. The van der Waals surface area contributed by atoms with Gasteiger partial charge in [0.1, 0.15) is 11.7 Å². The molecule has 2 aromatic carbocycles. The molecule has 3 amide bonds. The van der Waals surface area contributed by atoms with Crippen molar-refractivity contribution in [2.45, 2.75) is 62.6 Å². The standard InChI is InChI=1S/C34H38ClN5O3S/c1-21(2)15-28(38-32(42)27-17-24-11-7-8-12-26(24)37-27)33(43)40-19-30-34(40,3)20-39(30)31(41)18-36-44-29-14-13-23(16-25(29)35)22-9-5-4-6-10-22/h5,7-14,16-17,21,28,30,36-37H,4,6,15,18-20H2,1-3H3,(H,38,42). The molecule has 8 nitrogen and oxygen atoms in total. The molecule has 3 aliphatic rings. The molecule has 44 heavy (non-hydrogen) atoms. The van der Waals surface area contributed by atoms with Gasteiger partial charge in [-0.15, -0.1) is 0 Å². The molecular weight excluding hydrogens is 594 g/mol.